The Morgan fingerprint density at radius 3 is 2.41 bits per heavy atom. The lowest BCUT2D eigenvalue weighted by molar-refractivity contribution is -0.145. The van der Waals surface area contributed by atoms with Crippen molar-refractivity contribution in [2.24, 2.45) is 5.73 Å². The van der Waals surface area contributed by atoms with Crippen molar-refractivity contribution < 1.29 is 14.7 Å². The van der Waals surface area contributed by atoms with E-state index in [1.165, 1.54) is 0 Å². The Morgan fingerprint density at radius 2 is 1.86 bits per heavy atom. The molecule has 0 radical (unpaired) electrons. The fourth-order valence-electron chi connectivity index (χ4n) is 2.89. The first kappa shape index (κ1) is 16.5. The number of aliphatic hydroxyl groups is 1. The van der Waals surface area contributed by atoms with Crippen molar-refractivity contribution in [1.82, 2.24) is 10.2 Å². The number of hydrogen-bond acceptors (Lipinski definition) is 4. The van der Waals surface area contributed by atoms with Gasteiger partial charge >= 0.3 is 0 Å². The van der Waals surface area contributed by atoms with E-state index in [1.807, 2.05) is 0 Å². The van der Waals surface area contributed by atoms with Crippen LogP contribution in [0.5, 0.6) is 0 Å². The maximum absolute atomic E-state index is 12.5. The summed E-state index contributed by atoms with van der Waals surface area (Å²) < 4.78 is 0. The second-order valence-corrected chi connectivity index (χ2v) is 5.67. The third-order valence-corrected chi connectivity index (χ3v) is 4.24. The Bertz CT molecular complexity index is 515. The summed E-state index contributed by atoms with van der Waals surface area (Å²) in [6.45, 7) is 1.69. The first-order valence-electron chi connectivity index (χ1n) is 7.52. The van der Waals surface area contributed by atoms with Gasteiger partial charge in [-0.1, -0.05) is 30.3 Å². The molecule has 1 aromatic carbocycles. The molecular weight excluding hydrogens is 282 g/mol. The molecule has 2 amide bonds. The predicted octanol–water partition coefficient (Wildman–Crippen LogP) is -0.173. The maximum atomic E-state index is 12.5. The molecular formula is C16H23N3O3. The van der Waals surface area contributed by atoms with Gasteiger partial charge in [0, 0.05) is 13.1 Å². The summed E-state index contributed by atoms with van der Waals surface area (Å²) in [5.74, 6) is -2.19. The minimum atomic E-state index is -1.46. The second kappa shape index (κ2) is 7.38. The molecule has 0 aliphatic carbocycles. The van der Waals surface area contributed by atoms with Crippen LogP contribution in [-0.4, -0.2) is 54.1 Å². The Hall–Kier alpha value is -1.92. The van der Waals surface area contributed by atoms with Gasteiger partial charge in [-0.2, -0.15) is 0 Å². The highest BCUT2D eigenvalue weighted by molar-refractivity contribution is 5.92. The van der Waals surface area contributed by atoms with Gasteiger partial charge in [0.25, 0.3) is 5.91 Å². The number of benzene rings is 1. The van der Waals surface area contributed by atoms with E-state index in [9.17, 15) is 14.7 Å². The van der Waals surface area contributed by atoms with Crippen LogP contribution in [0, 0.1) is 0 Å². The highest BCUT2D eigenvalue weighted by Crippen LogP contribution is 2.22. The highest BCUT2D eigenvalue weighted by Gasteiger charge is 2.35. The molecule has 1 saturated heterocycles. The minimum absolute atomic E-state index is 0.0766. The van der Waals surface area contributed by atoms with Gasteiger partial charge in [0.2, 0.25) is 5.91 Å². The molecule has 2 atom stereocenters. The van der Waals surface area contributed by atoms with Crippen molar-refractivity contribution in [3.05, 3.63) is 35.9 Å². The zero-order valence-electron chi connectivity index (χ0n) is 12.7. The lowest BCUT2D eigenvalue weighted by Crippen LogP contribution is -2.50. The molecule has 1 fully saturated rings. The largest absolute Gasteiger partial charge is 0.382 e. The van der Waals surface area contributed by atoms with E-state index in [0.29, 0.717) is 5.56 Å². The van der Waals surface area contributed by atoms with Gasteiger partial charge < -0.3 is 21.1 Å². The molecule has 2 unspecified atom stereocenters. The number of carbonyl (C=O) groups is 2. The number of likely N-dealkylation sites (N-methyl/N-ethyl adjacent to an activating group) is 1. The Balaban J connectivity index is 2.14. The van der Waals surface area contributed by atoms with Crippen molar-refractivity contribution in [3.63, 3.8) is 0 Å². The van der Waals surface area contributed by atoms with Crippen LogP contribution >= 0.6 is 0 Å². The van der Waals surface area contributed by atoms with Crippen molar-refractivity contribution in [2.45, 2.75) is 30.9 Å². The summed E-state index contributed by atoms with van der Waals surface area (Å²) >= 11 is 0. The second-order valence-electron chi connectivity index (χ2n) is 5.67. The van der Waals surface area contributed by atoms with E-state index in [1.54, 1.807) is 42.3 Å². The highest BCUT2D eigenvalue weighted by atomic mass is 16.3. The molecule has 6 nitrogen and oxygen atoms in total. The Morgan fingerprint density at radius 1 is 1.27 bits per heavy atom. The number of primary amides is 1. The van der Waals surface area contributed by atoms with Gasteiger partial charge in [0.1, 0.15) is 6.10 Å². The molecule has 0 spiro atoms. The molecule has 22 heavy (non-hydrogen) atoms. The molecule has 0 bridgehead atoms. The topological polar surface area (TPSA) is 95.7 Å². The molecule has 1 aromatic rings. The van der Waals surface area contributed by atoms with Gasteiger partial charge in [0.15, 0.2) is 0 Å². The van der Waals surface area contributed by atoms with Crippen molar-refractivity contribution in [1.29, 1.82) is 0 Å². The third kappa shape index (κ3) is 3.64. The fraction of sp³-hybridized carbons (Fsp3) is 0.500. The van der Waals surface area contributed by atoms with Gasteiger partial charge in [-0.25, -0.2) is 0 Å². The summed E-state index contributed by atoms with van der Waals surface area (Å²) in [5.41, 5.74) is 5.96. The van der Waals surface area contributed by atoms with Crippen LogP contribution < -0.4 is 11.1 Å². The van der Waals surface area contributed by atoms with E-state index < -0.39 is 23.8 Å². The molecule has 1 aliphatic heterocycles. The molecule has 120 valence electrons. The van der Waals surface area contributed by atoms with Gasteiger partial charge in [-0.05, 0) is 31.5 Å². The minimum Gasteiger partial charge on any atom is -0.382 e. The van der Waals surface area contributed by atoms with Crippen LogP contribution in [0.25, 0.3) is 0 Å². The molecule has 1 aliphatic rings. The first-order valence-corrected chi connectivity index (χ1v) is 7.52. The van der Waals surface area contributed by atoms with E-state index >= 15 is 0 Å². The fourth-order valence-corrected chi connectivity index (χ4v) is 2.89. The summed E-state index contributed by atoms with van der Waals surface area (Å²) in [6, 6.07) is 8.76. The van der Waals surface area contributed by atoms with Crippen LogP contribution in [0.2, 0.25) is 0 Å². The van der Waals surface area contributed by atoms with Gasteiger partial charge in [-0.15, -0.1) is 0 Å². The monoisotopic (exact) mass is 305 g/mol. The standard InChI is InChI=1S/C16H23N3O3/c1-19(12-7-9-18-10-8-12)16(22)14(20)13(15(17)21)11-5-3-2-4-6-11/h2-6,12-14,18,20H,7-10H2,1H3,(H2,17,21). The van der Waals surface area contributed by atoms with Gasteiger partial charge in [0.05, 0.1) is 5.92 Å². The smallest absolute Gasteiger partial charge is 0.252 e. The number of aliphatic hydroxyl groups excluding tert-OH is 1. The summed E-state index contributed by atoms with van der Waals surface area (Å²) in [4.78, 5) is 25.8. The Labute approximate surface area is 130 Å². The number of carbonyl (C=O) groups excluding carboxylic acids is 2. The van der Waals surface area contributed by atoms with E-state index in [0.717, 1.165) is 25.9 Å². The van der Waals surface area contributed by atoms with Crippen LogP contribution in [0.1, 0.15) is 24.3 Å². The number of nitrogens with one attached hydrogen (secondary N) is 1. The third-order valence-electron chi connectivity index (χ3n) is 4.24. The van der Waals surface area contributed by atoms with Crippen LogP contribution in [-0.2, 0) is 9.59 Å². The summed E-state index contributed by atoms with van der Waals surface area (Å²) in [6.07, 6.45) is 0.211. The van der Waals surface area contributed by atoms with Crippen molar-refractivity contribution in [3.8, 4) is 0 Å². The number of nitrogens with zero attached hydrogens (tertiary/aromatic N) is 1. The number of nitrogens with two attached hydrogens (primary N) is 1. The zero-order chi connectivity index (χ0) is 16.1. The van der Waals surface area contributed by atoms with Crippen LogP contribution in [0.15, 0.2) is 30.3 Å². The molecule has 0 saturated carbocycles. The van der Waals surface area contributed by atoms with Crippen LogP contribution in [0.4, 0.5) is 0 Å². The number of hydrogen-bond donors (Lipinski definition) is 3. The van der Waals surface area contributed by atoms with E-state index in [4.69, 9.17) is 5.73 Å². The summed E-state index contributed by atoms with van der Waals surface area (Å²) in [5, 5.41) is 13.6. The van der Waals surface area contributed by atoms with Gasteiger partial charge in [-0.3, -0.25) is 9.59 Å². The number of amides is 2. The molecule has 6 heteroatoms. The molecule has 1 heterocycles. The maximum Gasteiger partial charge on any atom is 0.252 e. The first-order chi connectivity index (χ1) is 10.5. The lowest BCUT2D eigenvalue weighted by Gasteiger charge is -2.34. The normalized spacial score (nSPS) is 18.5. The number of piperidine rings is 1. The predicted molar refractivity (Wildman–Crippen MR) is 83.0 cm³/mol. The van der Waals surface area contributed by atoms with E-state index in [-0.39, 0.29) is 6.04 Å². The quantitative estimate of drug-likeness (QED) is 0.703. The molecule has 2 rings (SSSR count). The number of rotatable bonds is 5. The van der Waals surface area contributed by atoms with Crippen LogP contribution in [0.3, 0.4) is 0 Å². The van der Waals surface area contributed by atoms with Crippen molar-refractivity contribution >= 4 is 11.8 Å². The lowest BCUT2D eigenvalue weighted by atomic mass is 9.91. The summed E-state index contributed by atoms with van der Waals surface area (Å²) in [7, 11) is 1.67. The molecule has 4 N–H and O–H groups in total. The SMILES string of the molecule is CN(C(=O)C(O)C(C(N)=O)c1ccccc1)C1CCNCC1. The van der Waals surface area contributed by atoms with Crippen molar-refractivity contribution in [2.75, 3.05) is 20.1 Å². The average Bonchev–Trinajstić information content (AvgIpc) is 2.55. The molecule has 0 aromatic heterocycles. The zero-order valence-corrected chi connectivity index (χ0v) is 12.7. The average molecular weight is 305 g/mol. The van der Waals surface area contributed by atoms with E-state index in [2.05, 4.69) is 5.32 Å². The Kier molecular flexibility index (Phi) is 5.51.